The number of primary amides is 1. The molecule has 2 heterocycles. The van der Waals surface area contributed by atoms with Gasteiger partial charge in [-0.2, -0.15) is 5.10 Å². The zero-order chi connectivity index (χ0) is 12.3. The molecule has 17 heavy (non-hydrogen) atoms. The lowest BCUT2D eigenvalue weighted by atomic mass is 10.2. The number of aromatic amines is 1. The molecule has 0 saturated heterocycles. The Hall–Kier alpha value is -2.37. The number of hydrogen-bond donors (Lipinski definition) is 3. The van der Waals surface area contributed by atoms with Gasteiger partial charge in [0.15, 0.2) is 0 Å². The van der Waals surface area contributed by atoms with Crippen LogP contribution in [0.3, 0.4) is 0 Å². The number of carbonyl (C=O) groups excluding carboxylic acids is 1. The highest BCUT2D eigenvalue weighted by Gasteiger charge is 2.08. The number of nitrogens with one attached hydrogen (secondary N) is 2. The second kappa shape index (κ2) is 4.65. The number of nitrogens with zero attached hydrogens (tertiary/aromatic N) is 2. The third kappa shape index (κ3) is 2.41. The van der Waals surface area contributed by atoms with E-state index >= 15 is 0 Å². The molecule has 0 aromatic carbocycles. The SMILES string of the molecule is Cc1[nH]ncc1CNc1ncccc1C(N)=O. The molecule has 6 heteroatoms. The fourth-order valence-electron chi connectivity index (χ4n) is 1.48. The lowest BCUT2D eigenvalue weighted by molar-refractivity contribution is 0.100. The number of hydrogen-bond acceptors (Lipinski definition) is 4. The molecule has 2 rings (SSSR count). The normalized spacial score (nSPS) is 10.2. The smallest absolute Gasteiger partial charge is 0.252 e. The fraction of sp³-hybridized carbons (Fsp3) is 0.182. The van der Waals surface area contributed by atoms with E-state index in [-0.39, 0.29) is 0 Å². The van der Waals surface area contributed by atoms with Crippen LogP contribution in [0.2, 0.25) is 0 Å². The Kier molecular flexibility index (Phi) is 3.04. The fourth-order valence-corrected chi connectivity index (χ4v) is 1.48. The first-order valence-electron chi connectivity index (χ1n) is 5.16. The molecule has 0 fully saturated rings. The molecule has 6 nitrogen and oxygen atoms in total. The van der Waals surface area contributed by atoms with E-state index in [1.807, 2.05) is 6.92 Å². The average molecular weight is 231 g/mol. The Balaban J connectivity index is 2.14. The molecule has 1 amide bonds. The van der Waals surface area contributed by atoms with Crippen molar-refractivity contribution in [2.45, 2.75) is 13.5 Å². The van der Waals surface area contributed by atoms with E-state index in [0.29, 0.717) is 17.9 Å². The third-order valence-corrected chi connectivity index (χ3v) is 2.45. The van der Waals surface area contributed by atoms with Gasteiger partial charge in [-0.15, -0.1) is 0 Å². The summed E-state index contributed by atoms with van der Waals surface area (Å²) in [6.45, 7) is 2.47. The van der Waals surface area contributed by atoms with Gasteiger partial charge in [0.1, 0.15) is 5.82 Å². The topological polar surface area (TPSA) is 96.7 Å². The second-order valence-electron chi connectivity index (χ2n) is 3.64. The van der Waals surface area contributed by atoms with Crippen molar-refractivity contribution in [3.8, 4) is 0 Å². The quantitative estimate of drug-likeness (QED) is 0.725. The summed E-state index contributed by atoms with van der Waals surface area (Å²) in [6, 6.07) is 3.31. The van der Waals surface area contributed by atoms with Crippen molar-refractivity contribution in [1.29, 1.82) is 0 Å². The van der Waals surface area contributed by atoms with E-state index in [1.54, 1.807) is 24.5 Å². The van der Waals surface area contributed by atoms with Crippen molar-refractivity contribution in [1.82, 2.24) is 15.2 Å². The third-order valence-electron chi connectivity index (χ3n) is 2.45. The molecular formula is C11H13N5O. The Labute approximate surface area is 98.3 Å². The highest BCUT2D eigenvalue weighted by Crippen LogP contribution is 2.12. The van der Waals surface area contributed by atoms with Crippen molar-refractivity contribution < 1.29 is 4.79 Å². The highest BCUT2D eigenvalue weighted by molar-refractivity contribution is 5.97. The van der Waals surface area contributed by atoms with Gasteiger partial charge in [0.2, 0.25) is 0 Å². The summed E-state index contributed by atoms with van der Waals surface area (Å²) < 4.78 is 0. The van der Waals surface area contributed by atoms with Crippen LogP contribution < -0.4 is 11.1 Å². The largest absolute Gasteiger partial charge is 0.365 e. The maximum absolute atomic E-state index is 11.2. The minimum atomic E-state index is -0.496. The van der Waals surface area contributed by atoms with E-state index in [9.17, 15) is 4.79 Å². The Morgan fingerprint density at radius 3 is 3.06 bits per heavy atom. The Morgan fingerprint density at radius 2 is 2.41 bits per heavy atom. The molecule has 2 aromatic rings. The first-order valence-corrected chi connectivity index (χ1v) is 5.16. The van der Waals surface area contributed by atoms with Crippen LogP contribution in [0.4, 0.5) is 5.82 Å². The van der Waals surface area contributed by atoms with Gasteiger partial charge in [0, 0.05) is 24.0 Å². The summed E-state index contributed by atoms with van der Waals surface area (Å²) in [5.74, 6) is -0.00915. The van der Waals surface area contributed by atoms with Crippen LogP contribution in [-0.2, 0) is 6.54 Å². The van der Waals surface area contributed by atoms with Gasteiger partial charge in [-0.1, -0.05) is 0 Å². The van der Waals surface area contributed by atoms with Gasteiger partial charge in [-0.25, -0.2) is 4.98 Å². The van der Waals surface area contributed by atoms with Crippen molar-refractivity contribution in [2.75, 3.05) is 5.32 Å². The van der Waals surface area contributed by atoms with Crippen LogP contribution in [0.25, 0.3) is 0 Å². The van der Waals surface area contributed by atoms with Gasteiger partial charge >= 0.3 is 0 Å². The number of rotatable bonds is 4. The number of carbonyl (C=O) groups is 1. The number of amides is 1. The number of anilines is 1. The van der Waals surface area contributed by atoms with Crippen molar-refractivity contribution in [2.24, 2.45) is 5.73 Å². The van der Waals surface area contributed by atoms with E-state index in [1.165, 1.54) is 0 Å². The van der Waals surface area contributed by atoms with Gasteiger partial charge in [0.05, 0.1) is 11.8 Å². The molecule has 0 aliphatic carbocycles. The summed E-state index contributed by atoms with van der Waals surface area (Å²) in [6.07, 6.45) is 3.34. The van der Waals surface area contributed by atoms with E-state index in [0.717, 1.165) is 11.3 Å². The molecule has 0 unspecified atom stereocenters. The summed E-state index contributed by atoms with van der Waals surface area (Å²) in [4.78, 5) is 15.3. The van der Waals surface area contributed by atoms with E-state index in [4.69, 9.17) is 5.73 Å². The summed E-state index contributed by atoms with van der Waals surface area (Å²) in [5.41, 5.74) is 7.64. The molecule has 0 radical (unpaired) electrons. The lowest BCUT2D eigenvalue weighted by Crippen LogP contribution is -2.15. The van der Waals surface area contributed by atoms with E-state index in [2.05, 4.69) is 20.5 Å². The number of nitrogens with two attached hydrogens (primary N) is 1. The predicted octanol–water partition coefficient (Wildman–Crippen LogP) is 0.824. The van der Waals surface area contributed by atoms with Gasteiger partial charge < -0.3 is 11.1 Å². The monoisotopic (exact) mass is 231 g/mol. The van der Waals surface area contributed by atoms with Crippen LogP contribution in [-0.4, -0.2) is 21.1 Å². The molecule has 0 saturated carbocycles. The lowest BCUT2D eigenvalue weighted by Gasteiger charge is -2.07. The zero-order valence-corrected chi connectivity index (χ0v) is 9.40. The molecule has 0 aliphatic heterocycles. The molecule has 0 atom stereocenters. The van der Waals surface area contributed by atoms with E-state index < -0.39 is 5.91 Å². The van der Waals surface area contributed by atoms with Crippen molar-refractivity contribution in [3.05, 3.63) is 41.3 Å². The molecule has 0 spiro atoms. The maximum Gasteiger partial charge on any atom is 0.252 e. The molecule has 2 aromatic heterocycles. The number of aryl methyl sites for hydroxylation is 1. The number of H-pyrrole nitrogens is 1. The zero-order valence-electron chi connectivity index (χ0n) is 9.40. The van der Waals surface area contributed by atoms with Crippen LogP contribution in [0.15, 0.2) is 24.5 Å². The minimum absolute atomic E-state index is 0.383. The summed E-state index contributed by atoms with van der Waals surface area (Å²) in [7, 11) is 0. The number of pyridine rings is 1. The highest BCUT2D eigenvalue weighted by atomic mass is 16.1. The Bertz CT molecular complexity index is 534. The average Bonchev–Trinajstić information content (AvgIpc) is 2.72. The molecule has 0 bridgehead atoms. The van der Waals surface area contributed by atoms with Gasteiger partial charge in [-0.05, 0) is 19.1 Å². The predicted molar refractivity (Wildman–Crippen MR) is 63.4 cm³/mol. The van der Waals surface area contributed by atoms with Gasteiger partial charge in [-0.3, -0.25) is 9.89 Å². The summed E-state index contributed by atoms with van der Waals surface area (Å²) >= 11 is 0. The van der Waals surface area contributed by atoms with Crippen molar-refractivity contribution in [3.63, 3.8) is 0 Å². The molecule has 0 aliphatic rings. The van der Waals surface area contributed by atoms with Crippen LogP contribution in [0.5, 0.6) is 0 Å². The van der Waals surface area contributed by atoms with Gasteiger partial charge in [0.25, 0.3) is 5.91 Å². The number of aromatic nitrogens is 3. The Morgan fingerprint density at radius 1 is 1.59 bits per heavy atom. The van der Waals surface area contributed by atoms with Crippen LogP contribution in [0.1, 0.15) is 21.6 Å². The van der Waals surface area contributed by atoms with Crippen LogP contribution >= 0.6 is 0 Å². The molecule has 88 valence electrons. The first-order chi connectivity index (χ1) is 8.18. The minimum Gasteiger partial charge on any atom is -0.365 e. The maximum atomic E-state index is 11.2. The molecule has 4 N–H and O–H groups in total. The first kappa shape index (κ1) is 11.1. The second-order valence-corrected chi connectivity index (χ2v) is 3.64. The summed E-state index contributed by atoms with van der Waals surface area (Å²) in [5, 5.41) is 9.82. The van der Waals surface area contributed by atoms with Crippen molar-refractivity contribution >= 4 is 11.7 Å². The van der Waals surface area contributed by atoms with Crippen LogP contribution in [0, 0.1) is 6.92 Å². The standard InChI is InChI=1S/C11H13N5O/c1-7-8(6-15-16-7)5-14-11-9(10(12)17)3-2-4-13-11/h2-4,6H,5H2,1H3,(H2,12,17)(H,13,14)(H,15,16). The molecular weight excluding hydrogens is 218 g/mol.